The fourth-order valence-electron chi connectivity index (χ4n) is 3.78. The summed E-state index contributed by atoms with van der Waals surface area (Å²) in [6.45, 7) is 3.75. The second-order valence-electron chi connectivity index (χ2n) is 7.55. The average molecular weight is 410 g/mol. The summed E-state index contributed by atoms with van der Waals surface area (Å²) in [5.74, 6) is 0.153. The van der Waals surface area contributed by atoms with Crippen molar-refractivity contribution in [3.05, 3.63) is 60.4 Å². The quantitative estimate of drug-likeness (QED) is 0.647. The summed E-state index contributed by atoms with van der Waals surface area (Å²) in [6.07, 6.45) is 7.64. The number of amides is 1. The summed E-state index contributed by atoms with van der Waals surface area (Å²) >= 11 is 1.57. The van der Waals surface area contributed by atoms with Gasteiger partial charge in [0.1, 0.15) is 0 Å². The number of nitrogens with one attached hydrogen (secondary N) is 1. The van der Waals surface area contributed by atoms with Crippen LogP contribution in [0.4, 0.5) is 5.13 Å². The van der Waals surface area contributed by atoms with Gasteiger partial charge in [-0.05, 0) is 43.4 Å². The maximum atomic E-state index is 13.0. The molecule has 2 aromatic heterocycles. The first-order chi connectivity index (χ1) is 14.2. The Kier molecular flexibility index (Phi) is 6.24. The Hall–Kier alpha value is -2.67. The van der Waals surface area contributed by atoms with Gasteiger partial charge in [0.05, 0.1) is 5.92 Å². The van der Waals surface area contributed by atoms with Gasteiger partial charge in [-0.15, -0.1) is 10.2 Å². The Morgan fingerprint density at radius 2 is 1.93 bits per heavy atom. The Morgan fingerprint density at radius 1 is 1.17 bits per heavy atom. The molecule has 2 unspecified atom stereocenters. The van der Waals surface area contributed by atoms with Crippen LogP contribution in [0.15, 0.2) is 54.9 Å². The standard InChI is InChI=1S/C22H27N5OS/c1-2-19(15-17-9-4-3-5-10-17)23-20(28)18-11-8-14-27(16-18)22-25-24-21(29-22)26-12-6-7-13-26/h3-7,9-10,12-13,18-19H,2,8,11,14-16H2,1H3,(H,23,28). The van der Waals surface area contributed by atoms with Crippen LogP contribution in [0.25, 0.3) is 5.13 Å². The van der Waals surface area contributed by atoms with Crippen LogP contribution in [-0.4, -0.2) is 39.8 Å². The third kappa shape index (κ3) is 4.85. The number of hydrogen-bond donors (Lipinski definition) is 1. The van der Waals surface area contributed by atoms with Crippen molar-refractivity contribution in [2.75, 3.05) is 18.0 Å². The number of nitrogens with zero attached hydrogens (tertiary/aromatic N) is 4. The zero-order valence-corrected chi connectivity index (χ0v) is 17.5. The highest BCUT2D eigenvalue weighted by molar-refractivity contribution is 7.17. The highest BCUT2D eigenvalue weighted by Crippen LogP contribution is 2.28. The van der Waals surface area contributed by atoms with Crippen LogP contribution in [0, 0.1) is 5.92 Å². The summed E-state index contributed by atoms with van der Waals surface area (Å²) in [5.41, 5.74) is 1.26. The molecule has 6 nitrogen and oxygen atoms in total. The molecule has 3 heterocycles. The summed E-state index contributed by atoms with van der Waals surface area (Å²) in [7, 11) is 0. The first-order valence-electron chi connectivity index (χ1n) is 10.3. The second kappa shape index (κ2) is 9.22. The molecule has 1 aliphatic rings. The van der Waals surface area contributed by atoms with Crippen LogP contribution in [0.1, 0.15) is 31.7 Å². The van der Waals surface area contributed by atoms with Crippen LogP contribution in [-0.2, 0) is 11.2 Å². The van der Waals surface area contributed by atoms with Gasteiger partial charge in [-0.1, -0.05) is 48.6 Å². The molecule has 0 spiro atoms. The maximum absolute atomic E-state index is 13.0. The smallest absolute Gasteiger partial charge is 0.225 e. The van der Waals surface area contributed by atoms with Gasteiger partial charge in [0, 0.05) is 31.5 Å². The van der Waals surface area contributed by atoms with E-state index in [0.29, 0.717) is 6.54 Å². The third-order valence-electron chi connectivity index (χ3n) is 5.46. The highest BCUT2D eigenvalue weighted by atomic mass is 32.1. The number of piperidine rings is 1. The van der Waals surface area contributed by atoms with E-state index >= 15 is 0 Å². The van der Waals surface area contributed by atoms with E-state index in [9.17, 15) is 4.79 Å². The fourth-order valence-corrected chi connectivity index (χ4v) is 4.63. The number of rotatable bonds is 7. The molecule has 0 radical (unpaired) electrons. The Labute approximate surface area is 175 Å². The SMILES string of the molecule is CCC(Cc1ccccc1)NC(=O)C1CCCN(c2nnc(-n3cccc3)s2)C1. The molecule has 0 bridgehead atoms. The average Bonchev–Trinajstić information content (AvgIpc) is 3.46. The summed E-state index contributed by atoms with van der Waals surface area (Å²) in [5, 5.41) is 13.7. The molecule has 152 valence electrons. The normalized spacial score (nSPS) is 17.8. The van der Waals surface area contributed by atoms with Crippen molar-refractivity contribution >= 4 is 22.4 Å². The number of aromatic nitrogens is 3. The fraction of sp³-hybridized carbons (Fsp3) is 0.409. The molecule has 1 N–H and O–H groups in total. The van der Waals surface area contributed by atoms with Gasteiger partial charge in [0.2, 0.25) is 16.2 Å². The minimum absolute atomic E-state index is 0.00694. The Bertz CT molecular complexity index is 908. The zero-order valence-electron chi connectivity index (χ0n) is 16.7. The molecular formula is C22H27N5OS. The molecule has 1 aliphatic heterocycles. The lowest BCUT2D eigenvalue weighted by Crippen LogP contribution is -2.46. The third-order valence-corrected chi connectivity index (χ3v) is 6.45. The van der Waals surface area contributed by atoms with Crippen LogP contribution in [0.2, 0.25) is 0 Å². The minimum atomic E-state index is -0.00694. The van der Waals surface area contributed by atoms with Gasteiger partial charge >= 0.3 is 0 Å². The lowest BCUT2D eigenvalue weighted by atomic mass is 9.96. The van der Waals surface area contributed by atoms with Gasteiger partial charge in [-0.25, -0.2) is 0 Å². The molecule has 0 saturated carbocycles. The lowest BCUT2D eigenvalue weighted by Gasteiger charge is -2.32. The molecule has 1 amide bonds. The molecule has 3 aromatic rings. The van der Waals surface area contributed by atoms with Crippen molar-refractivity contribution in [2.24, 2.45) is 5.92 Å². The first-order valence-corrected chi connectivity index (χ1v) is 11.1. The van der Waals surface area contributed by atoms with Gasteiger partial charge < -0.3 is 10.2 Å². The van der Waals surface area contributed by atoms with E-state index in [1.807, 2.05) is 47.3 Å². The largest absolute Gasteiger partial charge is 0.353 e. The minimum Gasteiger partial charge on any atom is -0.353 e. The van der Waals surface area contributed by atoms with Gasteiger partial charge in [0.25, 0.3) is 0 Å². The second-order valence-corrected chi connectivity index (χ2v) is 8.48. The molecule has 2 atom stereocenters. The van der Waals surface area contributed by atoms with Gasteiger partial charge in [-0.3, -0.25) is 9.36 Å². The van der Waals surface area contributed by atoms with E-state index in [0.717, 1.165) is 42.5 Å². The Balaban J connectivity index is 1.37. The summed E-state index contributed by atoms with van der Waals surface area (Å²) in [6, 6.07) is 14.5. The van der Waals surface area contributed by atoms with Gasteiger partial charge in [0.15, 0.2) is 0 Å². The van der Waals surface area contributed by atoms with E-state index in [1.165, 1.54) is 5.56 Å². The number of carbonyl (C=O) groups excluding carboxylic acids is 1. The first kappa shape index (κ1) is 19.6. The van der Waals surface area contributed by atoms with E-state index in [1.54, 1.807) is 11.3 Å². The van der Waals surface area contributed by atoms with Gasteiger partial charge in [-0.2, -0.15) is 0 Å². The lowest BCUT2D eigenvalue weighted by molar-refractivity contribution is -0.126. The van der Waals surface area contributed by atoms with E-state index < -0.39 is 0 Å². The van der Waals surface area contributed by atoms with Crippen LogP contribution in [0.5, 0.6) is 0 Å². The van der Waals surface area contributed by atoms with E-state index in [2.05, 4.69) is 39.5 Å². The van der Waals surface area contributed by atoms with Crippen molar-refractivity contribution in [3.8, 4) is 5.13 Å². The predicted molar refractivity (Wildman–Crippen MR) is 117 cm³/mol. The number of hydrogen-bond acceptors (Lipinski definition) is 5. The van der Waals surface area contributed by atoms with Crippen LogP contribution in [0.3, 0.4) is 0 Å². The van der Waals surface area contributed by atoms with Crippen molar-refractivity contribution in [1.29, 1.82) is 0 Å². The van der Waals surface area contributed by atoms with Crippen molar-refractivity contribution in [1.82, 2.24) is 20.1 Å². The number of benzene rings is 1. The van der Waals surface area contributed by atoms with Crippen LogP contribution >= 0.6 is 11.3 Å². The molecule has 4 rings (SSSR count). The maximum Gasteiger partial charge on any atom is 0.225 e. The van der Waals surface area contributed by atoms with Crippen molar-refractivity contribution in [2.45, 2.75) is 38.6 Å². The highest BCUT2D eigenvalue weighted by Gasteiger charge is 2.28. The monoisotopic (exact) mass is 409 g/mol. The summed E-state index contributed by atoms with van der Waals surface area (Å²) < 4.78 is 1.96. The molecule has 0 aliphatic carbocycles. The molecule has 1 fully saturated rings. The van der Waals surface area contributed by atoms with Crippen molar-refractivity contribution in [3.63, 3.8) is 0 Å². The summed E-state index contributed by atoms with van der Waals surface area (Å²) in [4.78, 5) is 15.2. The van der Waals surface area contributed by atoms with Crippen LogP contribution < -0.4 is 10.2 Å². The predicted octanol–water partition coefficient (Wildman–Crippen LogP) is 3.68. The van der Waals surface area contributed by atoms with Crippen molar-refractivity contribution < 1.29 is 4.79 Å². The number of anilines is 1. The number of carbonyl (C=O) groups is 1. The molecule has 7 heteroatoms. The molecular weight excluding hydrogens is 382 g/mol. The molecule has 1 aromatic carbocycles. The van der Waals surface area contributed by atoms with E-state index in [-0.39, 0.29) is 17.9 Å². The molecule has 29 heavy (non-hydrogen) atoms. The van der Waals surface area contributed by atoms with E-state index in [4.69, 9.17) is 0 Å². The Morgan fingerprint density at radius 3 is 2.69 bits per heavy atom. The zero-order chi connectivity index (χ0) is 20.1. The molecule has 1 saturated heterocycles. The topological polar surface area (TPSA) is 63.1 Å².